The molecule has 1 amide bonds. The number of rotatable bonds is 6. The first-order valence-corrected chi connectivity index (χ1v) is 10.8. The zero-order chi connectivity index (χ0) is 20.1. The maximum atomic E-state index is 12.8. The van der Waals surface area contributed by atoms with Crippen LogP contribution in [0.25, 0.3) is 0 Å². The molecule has 1 N–H and O–H groups in total. The van der Waals surface area contributed by atoms with Gasteiger partial charge in [0.15, 0.2) is 12.4 Å². The van der Waals surface area contributed by atoms with Gasteiger partial charge in [-0.25, -0.2) is 8.42 Å². The van der Waals surface area contributed by atoms with Crippen LogP contribution in [-0.2, 0) is 26.0 Å². The highest BCUT2D eigenvalue weighted by atomic mass is 32.2. The molecule has 1 aromatic carbocycles. The fourth-order valence-corrected chi connectivity index (χ4v) is 4.47. The van der Waals surface area contributed by atoms with E-state index in [1.165, 1.54) is 15.9 Å². The first-order chi connectivity index (χ1) is 13.4. The number of carbonyl (C=O) groups is 1. The van der Waals surface area contributed by atoms with Crippen LogP contribution in [0.15, 0.2) is 53.7 Å². The monoisotopic (exact) mass is 404 g/mol. The number of nitrogens with one attached hydrogen (secondary N) is 1. The molecule has 0 unspecified atom stereocenters. The Bertz CT molecular complexity index is 923. The summed E-state index contributed by atoms with van der Waals surface area (Å²) in [6.07, 6.45) is 4.69. The van der Waals surface area contributed by atoms with Crippen LogP contribution >= 0.6 is 0 Å². The van der Waals surface area contributed by atoms with Crippen molar-refractivity contribution in [1.82, 2.24) is 4.31 Å². The van der Waals surface area contributed by atoms with Crippen molar-refractivity contribution in [2.24, 2.45) is 0 Å². The number of amides is 1. The highest BCUT2D eigenvalue weighted by Gasteiger charge is 2.27. The second-order valence-corrected chi connectivity index (χ2v) is 8.65. The van der Waals surface area contributed by atoms with Crippen LogP contribution in [0.2, 0.25) is 0 Å². The second kappa shape index (κ2) is 8.81. The Morgan fingerprint density at radius 3 is 2.54 bits per heavy atom. The summed E-state index contributed by atoms with van der Waals surface area (Å²) in [6.45, 7) is 5.33. The zero-order valence-corrected chi connectivity index (χ0v) is 17.0. The second-order valence-electron chi connectivity index (χ2n) is 6.72. The molecule has 8 heteroatoms. The molecule has 3 rings (SSSR count). The lowest BCUT2D eigenvalue weighted by Gasteiger charge is -2.26. The zero-order valence-electron chi connectivity index (χ0n) is 16.2. The molecule has 1 atom stereocenters. The van der Waals surface area contributed by atoms with E-state index in [4.69, 9.17) is 4.74 Å². The summed E-state index contributed by atoms with van der Waals surface area (Å²) in [5.41, 5.74) is 1.65. The molecule has 2 aromatic rings. The van der Waals surface area contributed by atoms with Gasteiger partial charge in [-0.1, -0.05) is 13.0 Å². The average molecular weight is 405 g/mol. The summed E-state index contributed by atoms with van der Waals surface area (Å²) >= 11 is 0. The molecule has 1 aliphatic rings. The third-order valence-electron chi connectivity index (χ3n) is 4.87. The largest absolute Gasteiger partial charge is 0.379 e. The highest BCUT2D eigenvalue weighted by molar-refractivity contribution is 7.89. The van der Waals surface area contributed by atoms with Gasteiger partial charge in [0.05, 0.1) is 18.1 Å². The molecule has 0 bridgehead atoms. The lowest BCUT2D eigenvalue weighted by Crippen LogP contribution is -2.44. The Balaban J connectivity index is 1.73. The van der Waals surface area contributed by atoms with E-state index in [1.807, 2.05) is 29.1 Å². The van der Waals surface area contributed by atoms with Crippen molar-refractivity contribution in [3.05, 3.63) is 54.4 Å². The molecule has 1 aliphatic heterocycles. The number of hydrogen-bond acceptors (Lipinski definition) is 4. The van der Waals surface area contributed by atoms with E-state index < -0.39 is 16.1 Å². The minimum atomic E-state index is -3.60. The van der Waals surface area contributed by atoms with Gasteiger partial charge >= 0.3 is 0 Å². The van der Waals surface area contributed by atoms with Crippen LogP contribution in [0, 0.1) is 0 Å². The maximum Gasteiger partial charge on any atom is 0.293 e. The van der Waals surface area contributed by atoms with Gasteiger partial charge in [-0.2, -0.15) is 8.87 Å². The van der Waals surface area contributed by atoms with Crippen molar-refractivity contribution in [2.75, 3.05) is 31.6 Å². The van der Waals surface area contributed by atoms with Gasteiger partial charge in [0.1, 0.15) is 0 Å². The number of benzene rings is 1. The SMILES string of the molecule is CCc1cc[n+]([C@H](C)C(=O)Nc2cccc(S(=O)(=O)N3CCOCC3)c2)cc1. The topological polar surface area (TPSA) is 79.6 Å². The third-order valence-corrected chi connectivity index (χ3v) is 6.76. The summed E-state index contributed by atoms with van der Waals surface area (Å²) in [5.74, 6) is -0.213. The number of sulfonamides is 1. The summed E-state index contributed by atoms with van der Waals surface area (Å²) in [7, 11) is -3.60. The first-order valence-electron chi connectivity index (χ1n) is 9.40. The molecule has 28 heavy (non-hydrogen) atoms. The molecule has 150 valence electrons. The van der Waals surface area contributed by atoms with E-state index >= 15 is 0 Å². The smallest absolute Gasteiger partial charge is 0.293 e. The molecule has 1 aromatic heterocycles. The molecule has 1 fully saturated rings. The van der Waals surface area contributed by atoms with Crippen molar-refractivity contribution >= 4 is 21.6 Å². The van der Waals surface area contributed by atoms with Crippen molar-refractivity contribution in [3.8, 4) is 0 Å². The van der Waals surface area contributed by atoms with E-state index in [0.29, 0.717) is 32.0 Å². The van der Waals surface area contributed by atoms with E-state index in [0.717, 1.165) is 6.42 Å². The lowest BCUT2D eigenvalue weighted by atomic mass is 10.2. The average Bonchev–Trinajstić information content (AvgIpc) is 2.74. The first kappa shape index (κ1) is 20.4. The Morgan fingerprint density at radius 1 is 1.21 bits per heavy atom. The van der Waals surface area contributed by atoms with Crippen LogP contribution < -0.4 is 9.88 Å². The Kier molecular flexibility index (Phi) is 6.43. The molecule has 0 aliphatic carbocycles. The van der Waals surface area contributed by atoms with E-state index in [9.17, 15) is 13.2 Å². The number of aryl methyl sites for hydroxylation is 1. The number of hydrogen-bond donors (Lipinski definition) is 1. The summed E-state index contributed by atoms with van der Waals surface area (Å²) in [5, 5.41) is 2.82. The van der Waals surface area contributed by atoms with Crippen LogP contribution in [0.1, 0.15) is 25.5 Å². The van der Waals surface area contributed by atoms with Gasteiger partial charge in [-0.3, -0.25) is 4.79 Å². The lowest BCUT2D eigenvalue weighted by molar-refractivity contribution is -0.705. The van der Waals surface area contributed by atoms with Crippen LogP contribution in [-0.4, -0.2) is 44.9 Å². The number of carbonyl (C=O) groups excluding carboxylic acids is 1. The van der Waals surface area contributed by atoms with E-state index in [2.05, 4.69) is 12.2 Å². The van der Waals surface area contributed by atoms with E-state index in [1.54, 1.807) is 25.1 Å². The maximum absolute atomic E-state index is 12.8. The normalized spacial score (nSPS) is 16.5. The van der Waals surface area contributed by atoms with Gasteiger partial charge in [0.25, 0.3) is 5.91 Å². The number of nitrogens with zero attached hydrogens (tertiary/aromatic N) is 2. The van der Waals surface area contributed by atoms with Gasteiger partial charge in [0.2, 0.25) is 16.1 Å². The number of anilines is 1. The van der Waals surface area contributed by atoms with Gasteiger partial charge in [0, 0.05) is 37.8 Å². The highest BCUT2D eigenvalue weighted by Crippen LogP contribution is 2.21. The van der Waals surface area contributed by atoms with Crippen LogP contribution in [0.3, 0.4) is 0 Å². The molecular formula is C20H26N3O4S+. The van der Waals surface area contributed by atoms with Crippen molar-refractivity contribution in [3.63, 3.8) is 0 Å². The Morgan fingerprint density at radius 2 is 1.89 bits per heavy atom. The molecular weight excluding hydrogens is 378 g/mol. The molecule has 2 heterocycles. The molecule has 1 saturated heterocycles. The summed E-state index contributed by atoms with van der Waals surface area (Å²) < 4.78 is 34.0. The minimum Gasteiger partial charge on any atom is -0.379 e. The van der Waals surface area contributed by atoms with Crippen LogP contribution in [0.4, 0.5) is 5.69 Å². The Labute approximate surface area is 166 Å². The number of ether oxygens (including phenoxy) is 1. The van der Waals surface area contributed by atoms with Crippen LogP contribution in [0.5, 0.6) is 0 Å². The number of aromatic nitrogens is 1. The number of morpholine rings is 1. The predicted octanol–water partition coefficient (Wildman–Crippen LogP) is 1.76. The van der Waals surface area contributed by atoms with Crippen molar-refractivity contribution in [1.29, 1.82) is 0 Å². The Hall–Kier alpha value is -2.29. The predicted molar refractivity (Wildman–Crippen MR) is 105 cm³/mol. The van der Waals surface area contributed by atoms with Gasteiger partial charge < -0.3 is 10.1 Å². The molecule has 0 radical (unpaired) electrons. The molecule has 0 spiro atoms. The summed E-state index contributed by atoms with van der Waals surface area (Å²) in [6, 6.07) is 9.91. The minimum absolute atomic E-state index is 0.166. The van der Waals surface area contributed by atoms with Gasteiger partial charge in [-0.05, 0) is 30.2 Å². The standard InChI is InChI=1S/C20H25N3O4S/c1-3-17-7-9-22(10-8-17)16(2)20(24)21-18-5-4-6-19(15-18)28(25,26)23-11-13-27-14-12-23/h4-10,15-16H,3,11-14H2,1-2H3/p+1/t16-/m1/s1. The number of pyridine rings is 1. The van der Waals surface area contributed by atoms with E-state index in [-0.39, 0.29) is 10.8 Å². The van der Waals surface area contributed by atoms with Crippen molar-refractivity contribution in [2.45, 2.75) is 31.2 Å². The third kappa shape index (κ3) is 4.57. The summed E-state index contributed by atoms with van der Waals surface area (Å²) in [4.78, 5) is 12.8. The molecule has 0 saturated carbocycles. The fraction of sp³-hybridized carbons (Fsp3) is 0.400. The fourth-order valence-electron chi connectivity index (χ4n) is 3.02. The molecule has 7 nitrogen and oxygen atoms in total. The van der Waals surface area contributed by atoms with Gasteiger partial charge in [-0.15, -0.1) is 0 Å². The quantitative estimate of drug-likeness (QED) is 0.744. The van der Waals surface area contributed by atoms with Crippen molar-refractivity contribution < 1.29 is 22.5 Å².